The number of halogens is 3. The molecule has 1 aromatic rings. The van der Waals surface area contributed by atoms with Gasteiger partial charge in [-0.1, -0.05) is 11.6 Å². The molecular weight excluding hydrogens is 481 g/mol. The van der Waals surface area contributed by atoms with Crippen LogP contribution in [0.4, 0.5) is 13.2 Å². The molecule has 1 atom stereocenters. The zero-order chi connectivity index (χ0) is 25.3. The number of carbonyl (C=O) groups excluding carboxylic acids is 2. The second kappa shape index (κ2) is 9.85. The summed E-state index contributed by atoms with van der Waals surface area (Å²) in [5.41, 5.74) is -4.57. The van der Waals surface area contributed by atoms with Gasteiger partial charge in [0.15, 0.2) is 5.75 Å². The molecule has 1 aromatic carbocycles. The van der Waals surface area contributed by atoms with Gasteiger partial charge in [-0.05, 0) is 51.0 Å². The average Bonchev–Trinajstić information content (AvgIpc) is 3.34. The molecular formula is C22H25F3O8S. The van der Waals surface area contributed by atoms with Crippen LogP contribution in [-0.2, 0) is 37.4 Å². The average molecular weight is 506 g/mol. The van der Waals surface area contributed by atoms with Crippen LogP contribution in [-0.4, -0.2) is 39.6 Å². The fourth-order valence-electron chi connectivity index (χ4n) is 4.36. The van der Waals surface area contributed by atoms with E-state index in [-0.39, 0.29) is 60.4 Å². The Balaban J connectivity index is 2.08. The lowest BCUT2D eigenvalue weighted by atomic mass is 9.93. The molecule has 1 fully saturated rings. The highest BCUT2D eigenvalue weighted by Crippen LogP contribution is 2.45. The number of hydrogen-bond acceptors (Lipinski definition) is 8. The predicted molar refractivity (Wildman–Crippen MR) is 113 cm³/mol. The molecule has 12 heteroatoms. The van der Waals surface area contributed by atoms with Gasteiger partial charge in [-0.3, -0.25) is 4.79 Å². The molecule has 1 saturated carbocycles. The number of hydrogen-bond donors (Lipinski definition) is 0. The first kappa shape index (κ1) is 25.9. The molecule has 0 N–H and O–H groups in total. The lowest BCUT2D eigenvalue weighted by molar-refractivity contribution is -0.143. The number of benzene rings is 1. The third-order valence-corrected chi connectivity index (χ3v) is 6.88. The second-order valence-corrected chi connectivity index (χ2v) is 9.50. The summed E-state index contributed by atoms with van der Waals surface area (Å²) >= 11 is 0. The monoisotopic (exact) mass is 506 g/mol. The normalized spacial score (nSPS) is 19.2. The Morgan fingerprint density at radius 1 is 1.26 bits per heavy atom. The quantitative estimate of drug-likeness (QED) is 0.224. The van der Waals surface area contributed by atoms with Crippen LogP contribution in [0.1, 0.15) is 59.7 Å². The summed E-state index contributed by atoms with van der Waals surface area (Å²) < 4.78 is 82.9. The van der Waals surface area contributed by atoms with E-state index >= 15 is 0 Å². The SMILES string of the molecule is CCOC(=O)C[C@@H]1CCC/C1=C\Cc1c(OC)c(C)c2c(c1OS(=O)(=O)C(F)(F)F)C(=O)OC2. The highest BCUT2D eigenvalue weighted by atomic mass is 32.2. The Kier molecular flexibility index (Phi) is 7.49. The maximum Gasteiger partial charge on any atom is 0.534 e. The lowest BCUT2D eigenvalue weighted by Crippen LogP contribution is -2.29. The molecule has 0 radical (unpaired) electrons. The molecule has 0 bridgehead atoms. The van der Waals surface area contributed by atoms with Crippen molar-refractivity contribution in [3.63, 3.8) is 0 Å². The largest absolute Gasteiger partial charge is 0.534 e. The summed E-state index contributed by atoms with van der Waals surface area (Å²) in [6.45, 7) is 3.30. The Labute approximate surface area is 195 Å². The van der Waals surface area contributed by atoms with E-state index in [1.807, 2.05) is 0 Å². The summed E-state index contributed by atoms with van der Waals surface area (Å²) in [6, 6.07) is 0. The van der Waals surface area contributed by atoms with Crippen molar-refractivity contribution in [2.24, 2.45) is 5.92 Å². The van der Waals surface area contributed by atoms with E-state index in [1.165, 1.54) is 7.11 Å². The van der Waals surface area contributed by atoms with Gasteiger partial charge in [0.2, 0.25) is 0 Å². The van der Waals surface area contributed by atoms with Crippen molar-refractivity contribution in [2.75, 3.05) is 13.7 Å². The van der Waals surface area contributed by atoms with Crippen molar-refractivity contribution >= 4 is 22.1 Å². The summed E-state index contributed by atoms with van der Waals surface area (Å²) in [5, 5.41) is 0. The molecule has 0 spiro atoms. The molecule has 1 aliphatic carbocycles. The smallest absolute Gasteiger partial charge is 0.496 e. The van der Waals surface area contributed by atoms with E-state index in [0.717, 1.165) is 18.4 Å². The zero-order valence-electron chi connectivity index (χ0n) is 18.9. The number of methoxy groups -OCH3 is 1. The summed E-state index contributed by atoms with van der Waals surface area (Å²) in [6.07, 6.45) is 4.01. The summed E-state index contributed by atoms with van der Waals surface area (Å²) in [7, 11) is -4.79. The Morgan fingerprint density at radius 2 is 1.97 bits per heavy atom. The summed E-state index contributed by atoms with van der Waals surface area (Å²) in [5.74, 6) is -2.10. The van der Waals surface area contributed by atoms with Gasteiger partial charge in [-0.25, -0.2) is 4.79 Å². The first-order valence-electron chi connectivity index (χ1n) is 10.7. The van der Waals surface area contributed by atoms with Gasteiger partial charge in [0, 0.05) is 11.1 Å². The highest BCUT2D eigenvalue weighted by Gasteiger charge is 2.50. The number of alkyl halides is 3. The van der Waals surface area contributed by atoms with E-state index in [9.17, 15) is 31.2 Å². The molecule has 3 rings (SSSR count). The van der Waals surface area contributed by atoms with Crippen LogP contribution in [0.25, 0.3) is 0 Å². The molecule has 2 aliphatic rings. The van der Waals surface area contributed by atoms with E-state index < -0.39 is 27.3 Å². The van der Waals surface area contributed by atoms with Crippen LogP contribution in [0.15, 0.2) is 11.6 Å². The number of fused-ring (bicyclic) bond motifs is 1. The molecule has 0 amide bonds. The van der Waals surface area contributed by atoms with Gasteiger partial charge in [0.05, 0.1) is 20.1 Å². The molecule has 0 unspecified atom stereocenters. The van der Waals surface area contributed by atoms with E-state index in [4.69, 9.17) is 14.2 Å². The van der Waals surface area contributed by atoms with Crippen molar-refractivity contribution in [1.82, 2.24) is 0 Å². The summed E-state index contributed by atoms with van der Waals surface area (Å²) in [4.78, 5) is 24.3. The van der Waals surface area contributed by atoms with Crippen molar-refractivity contribution in [3.8, 4) is 11.5 Å². The molecule has 34 heavy (non-hydrogen) atoms. The maximum absolute atomic E-state index is 13.1. The number of ether oxygens (including phenoxy) is 3. The zero-order valence-corrected chi connectivity index (χ0v) is 19.7. The number of allylic oxidation sites excluding steroid dienone is 2. The van der Waals surface area contributed by atoms with Gasteiger partial charge < -0.3 is 18.4 Å². The first-order valence-corrected chi connectivity index (χ1v) is 12.1. The van der Waals surface area contributed by atoms with Crippen molar-refractivity contribution in [3.05, 3.63) is 33.9 Å². The fraction of sp³-hybridized carbons (Fsp3) is 0.545. The fourth-order valence-corrected chi connectivity index (χ4v) is 4.85. The Bertz CT molecular complexity index is 1120. The van der Waals surface area contributed by atoms with Gasteiger partial charge in [-0.15, -0.1) is 0 Å². The molecule has 1 heterocycles. The predicted octanol–water partition coefficient (Wildman–Crippen LogP) is 4.12. The molecule has 1 aliphatic heterocycles. The van der Waals surface area contributed by atoms with Crippen molar-refractivity contribution in [2.45, 2.75) is 58.1 Å². The minimum absolute atomic E-state index is 0.0280. The number of rotatable bonds is 8. The van der Waals surface area contributed by atoms with Crippen LogP contribution in [0.3, 0.4) is 0 Å². The number of carbonyl (C=O) groups is 2. The minimum atomic E-state index is -6.07. The van der Waals surface area contributed by atoms with Crippen LogP contribution < -0.4 is 8.92 Å². The maximum atomic E-state index is 13.1. The second-order valence-electron chi connectivity index (χ2n) is 7.96. The van der Waals surface area contributed by atoms with E-state index in [1.54, 1.807) is 19.9 Å². The third-order valence-electron chi connectivity index (χ3n) is 5.93. The molecule has 8 nitrogen and oxygen atoms in total. The lowest BCUT2D eigenvalue weighted by Gasteiger charge is -2.20. The molecule has 0 aromatic heterocycles. The van der Waals surface area contributed by atoms with Gasteiger partial charge in [0.1, 0.15) is 17.9 Å². The molecule has 188 valence electrons. The van der Waals surface area contributed by atoms with Crippen LogP contribution in [0, 0.1) is 12.8 Å². The van der Waals surface area contributed by atoms with Gasteiger partial charge in [0.25, 0.3) is 0 Å². The van der Waals surface area contributed by atoms with Crippen molar-refractivity contribution < 1.29 is 49.6 Å². The van der Waals surface area contributed by atoms with E-state index in [0.29, 0.717) is 12.0 Å². The third kappa shape index (κ3) is 5.01. The van der Waals surface area contributed by atoms with E-state index in [2.05, 4.69) is 4.18 Å². The van der Waals surface area contributed by atoms with Gasteiger partial charge >= 0.3 is 27.6 Å². The highest BCUT2D eigenvalue weighted by molar-refractivity contribution is 7.88. The molecule has 0 saturated heterocycles. The first-order chi connectivity index (χ1) is 15.9. The Hall–Kier alpha value is -2.76. The Morgan fingerprint density at radius 3 is 2.59 bits per heavy atom. The van der Waals surface area contributed by atoms with Crippen LogP contribution in [0.2, 0.25) is 0 Å². The topological polar surface area (TPSA) is 105 Å². The van der Waals surface area contributed by atoms with Gasteiger partial charge in [-0.2, -0.15) is 21.6 Å². The standard InChI is InChI=1S/C22H25F3O8S/c1-4-31-17(26)10-14-7-5-6-13(14)8-9-15-19(30-3)12(2)16-11-32-21(27)18(16)20(15)33-34(28,29)22(23,24)25/h8,14H,4-7,9-11H2,1-3H3/b13-8+/t14-/m0/s1. The minimum Gasteiger partial charge on any atom is -0.496 e. The van der Waals surface area contributed by atoms with Crippen LogP contribution >= 0.6 is 0 Å². The van der Waals surface area contributed by atoms with Crippen LogP contribution in [0.5, 0.6) is 11.5 Å². The number of cyclic esters (lactones) is 1. The van der Waals surface area contributed by atoms with Crippen molar-refractivity contribution in [1.29, 1.82) is 0 Å². The number of esters is 2.